The zero-order chi connectivity index (χ0) is 11.1. The number of hydrogen-bond acceptors (Lipinski definition) is 1. The maximum Gasteiger partial charge on any atom is 0.140 e. The Balaban J connectivity index is 2.53. The molecule has 0 bridgehead atoms. The predicted molar refractivity (Wildman–Crippen MR) is 67.5 cm³/mol. The minimum Gasteiger partial charge on any atom is -0.135 e. The molecule has 1 heterocycles. The van der Waals surface area contributed by atoms with Crippen molar-refractivity contribution in [3.63, 3.8) is 0 Å². The minimum atomic E-state index is -0.915. The Morgan fingerprint density at radius 1 is 1.00 bits per heavy atom. The fourth-order valence-corrected chi connectivity index (χ4v) is 2.94. The fraction of sp³-hybridized carbons (Fsp3) is 0. The van der Waals surface area contributed by atoms with Gasteiger partial charge in [0.2, 0.25) is 0 Å². The van der Waals surface area contributed by atoms with Gasteiger partial charge in [0.1, 0.15) is 7.77 Å². The Labute approximate surface area is 90.3 Å². The Hall–Kier alpha value is -1.28. The second-order valence-corrected chi connectivity index (χ2v) is 4.40. The van der Waals surface area contributed by atoms with Crippen LogP contribution in [0.1, 0.15) is 0 Å². The van der Waals surface area contributed by atoms with Crippen LogP contribution in [-0.2, 0) is 0 Å². The van der Waals surface area contributed by atoms with Crippen LogP contribution in [0.2, 0.25) is 0 Å². The lowest BCUT2D eigenvalue weighted by atomic mass is 9.91. The molecule has 66 valence electrons. The van der Waals surface area contributed by atoms with E-state index in [1.54, 1.807) is 11.3 Å². The Kier molecular flexibility index (Phi) is 1.28. The van der Waals surface area contributed by atoms with Gasteiger partial charge in [0.05, 0.1) is 0 Å². The molecular weight excluding hydrogens is 187 g/mol. The van der Waals surface area contributed by atoms with Crippen LogP contribution < -0.4 is 5.46 Å². The average molecular weight is 198 g/mol. The molecule has 2 aromatic carbocycles. The molecule has 0 nitrogen and oxygen atoms in total. The maximum atomic E-state index is 7.59. The van der Waals surface area contributed by atoms with Crippen molar-refractivity contribution < 1.29 is 0 Å². The van der Waals surface area contributed by atoms with E-state index in [2.05, 4.69) is 18.2 Å². The molecule has 0 aliphatic rings. The van der Waals surface area contributed by atoms with Gasteiger partial charge in [-0.3, -0.25) is 0 Å². The summed E-state index contributed by atoms with van der Waals surface area (Å²) in [5.74, 6) is 0. The fourth-order valence-electron chi connectivity index (χ4n) is 1.80. The molecule has 0 aliphatic heterocycles. The van der Waals surface area contributed by atoms with E-state index in [1.807, 2.05) is 24.3 Å². The van der Waals surface area contributed by atoms with Crippen molar-refractivity contribution >= 4 is 44.7 Å². The molecule has 1 aromatic heterocycles. The standard InChI is InChI=1S/C12H9BS/c13-9-5-3-7-11-12(9)8-4-1-2-6-10(8)14-11/h1-7H,13H2/i13D2. The first-order valence-electron chi connectivity index (χ1n) is 5.67. The van der Waals surface area contributed by atoms with Crippen LogP contribution in [-0.4, -0.2) is 10.4 Å². The molecule has 0 radical (unpaired) electrons. The lowest BCUT2D eigenvalue weighted by Gasteiger charge is -1.95. The highest BCUT2D eigenvalue weighted by Crippen LogP contribution is 2.31. The third-order valence-corrected chi connectivity index (χ3v) is 3.57. The van der Waals surface area contributed by atoms with Crippen LogP contribution in [0.3, 0.4) is 0 Å². The van der Waals surface area contributed by atoms with Crippen LogP contribution in [0, 0.1) is 0 Å². The van der Waals surface area contributed by atoms with Gasteiger partial charge in [-0.25, -0.2) is 0 Å². The molecule has 0 unspecified atom stereocenters. The third-order valence-electron chi connectivity index (χ3n) is 2.43. The number of fused-ring (bicyclic) bond motifs is 3. The molecule has 0 saturated carbocycles. The highest BCUT2D eigenvalue weighted by atomic mass is 32.1. The van der Waals surface area contributed by atoms with Crippen molar-refractivity contribution in [2.75, 3.05) is 0 Å². The Bertz CT molecular complexity index is 660. The molecule has 0 spiro atoms. The molecule has 14 heavy (non-hydrogen) atoms. The van der Waals surface area contributed by atoms with Crippen LogP contribution in [0.15, 0.2) is 42.5 Å². The molecule has 3 rings (SSSR count). The van der Waals surface area contributed by atoms with E-state index >= 15 is 0 Å². The summed E-state index contributed by atoms with van der Waals surface area (Å²) in [6.45, 7) is 0. The van der Waals surface area contributed by atoms with Crippen molar-refractivity contribution in [2.24, 2.45) is 0 Å². The van der Waals surface area contributed by atoms with Crippen LogP contribution in [0.25, 0.3) is 20.2 Å². The lowest BCUT2D eigenvalue weighted by Crippen LogP contribution is -2.00. The molecule has 0 atom stereocenters. The van der Waals surface area contributed by atoms with E-state index in [9.17, 15) is 0 Å². The van der Waals surface area contributed by atoms with Crippen molar-refractivity contribution in [2.45, 2.75) is 0 Å². The van der Waals surface area contributed by atoms with Gasteiger partial charge in [0, 0.05) is 9.40 Å². The lowest BCUT2D eigenvalue weighted by molar-refractivity contribution is 1.86. The van der Waals surface area contributed by atoms with Crippen LogP contribution in [0.4, 0.5) is 0 Å². The minimum absolute atomic E-state index is 0.801. The summed E-state index contributed by atoms with van der Waals surface area (Å²) in [6.07, 6.45) is 0. The van der Waals surface area contributed by atoms with Crippen molar-refractivity contribution in [3.8, 4) is 0 Å². The first-order chi connectivity index (χ1) is 7.77. The molecule has 3 aromatic rings. The van der Waals surface area contributed by atoms with E-state index in [-0.39, 0.29) is 0 Å². The molecule has 0 aliphatic carbocycles. The number of rotatable bonds is 1. The summed E-state index contributed by atoms with van der Waals surface area (Å²) in [5, 5.41) is 2.25. The van der Waals surface area contributed by atoms with E-state index in [0.717, 1.165) is 10.8 Å². The third kappa shape index (κ3) is 1.01. The molecule has 0 fully saturated rings. The highest BCUT2D eigenvalue weighted by molar-refractivity contribution is 7.26. The van der Waals surface area contributed by atoms with Gasteiger partial charge < -0.3 is 0 Å². The smallest absolute Gasteiger partial charge is 0.135 e. The van der Waals surface area contributed by atoms with Crippen molar-refractivity contribution in [1.29, 1.82) is 2.67 Å². The van der Waals surface area contributed by atoms with Crippen molar-refractivity contribution in [3.05, 3.63) is 42.5 Å². The van der Waals surface area contributed by atoms with Crippen LogP contribution >= 0.6 is 11.3 Å². The van der Waals surface area contributed by atoms with Gasteiger partial charge in [0.15, 0.2) is 0 Å². The van der Waals surface area contributed by atoms with Gasteiger partial charge in [-0.1, -0.05) is 35.8 Å². The van der Waals surface area contributed by atoms with Crippen molar-refractivity contribution in [1.82, 2.24) is 0 Å². The quantitative estimate of drug-likeness (QED) is 0.526. The van der Waals surface area contributed by atoms with Gasteiger partial charge in [-0.05, 0) is 25.6 Å². The number of hydrogen-bond donors (Lipinski definition) is 0. The van der Waals surface area contributed by atoms with E-state index in [4.69, 9.17) is 2.67 Å². The topological polar surface area (TPSA) is 0 Å². The molecule has 0 saturated heterocycles. The number of thiophene rings is 1. The normalized spacial score (nSPS) is 12.9. The highest BCUT2D eigenvalue weighted by Gasteiger charge is 2.04. The average Bonchev–Trinajstić information content (AvgIpc) is 2.66. The summed E-state index contributed by atoms with van der Waals surface area (Å²) in [7, 11) is -0.915. The predicted octanol–water partition coefficient (Wildman–Crippen LogP) is 2.31. The van der Waals surface area contributed by atoms with Gasteiger partial charge in [0.25, 0.3) is 0 Å². The van der Waals surface area contributed by atoms with Crippen LogP contribution in [0.5, 0.6) is 0 Å². The number of benzene rings is 2. The SMILES string of the molecule is [2H]B([2H])c1cccc2sc3ccccc3c12. The summed E-state index contributed by atoms with van der Waals surface area (Å²) in [5.41, 5.74) is 0.801. The van der Waals surface area contributed by atoms with Gasteiger partial charge in [-0.2, -0.15) is 0 Å². The Morgan fingerprint density at radius 2 is 1.86 bits per heavy atom. The molecule has 0 N–H and O–H groups in total. The summed E-state index contributed by atoms with van der Waals surface area (Å²) >= 11 is 1.73. The van der Waals surface area contributed by atoms with Gasteiger partial charge in [-0.15, -0.1) is 11.3 Å². The Morgan fingerprint density at radius 3 is 2.79 bits per heavy atom. The zero-order valence-corrected chi connectivity index (χ0v) is 8.34. The summed E-state index contributed by atoms with van der Waals surface area (Å²) < 4.78 is 17.6. The van der Waals surface area contributed by atoms with E-state index < -0.39 is 7.77 Å². The monoisotopic (exact) mass is 198 g/mol. The first kappa shape index (κ1) is 6.25. The van der Waals surface area contributed by atoms with E-state index in [1.165, 1.54) is 14.8 Å². The van der Waals surface area contributed by atoms with Gasteiger partial charge >= 0.3 is 0 Å². The van der Waals surface area contributed by atoms with E-state index in [0.29, 0.717) is 0 Å². The summed E-state index contributed by atoms with van der Waals surface area (Å²) in [6, 6.07) is 14.1. The largest absolute Gasteiger partial charge is 0.140 e. The maximum absolute atomic E-state index is 7.59. The second-order valence-electron chi connectivity index (χ2n) is 3.32. The first-order valence-corrected chi connectivity index (χ1v) is 5.33. The summed E-state index contributed by atoms with van der Waals surface area (Å²) in [4.78, 5) is 0. The second kappa shape index (κ2) is 2.86. The molecular formula is C12H9BS. The molecule has 2 heteroatoms. The molecule has 0 amide bonds. The zero-order valence-electron chi connectivity index (χ0n) is 9.53.